The van der Waals surface area contributed by atoms with Gasteiger partial charge in [0.25, 0.3) is 0 Å². The molecule has 42 heavy (non-hydrogen) atoms. The molecule has 5 aromatic rings. The van der Waals surface area contributed by atoms with Gasteiger partial charge in [0.2, 0.25) is 5.88 Å². The fraction of sp³-hybridized carbons (Fsp3) is 0.250. The number of anilines is 2. The number of aromatic nitrogens is 4. The van der Waals surface area contributed by atoms with E-state index in [2.05, 4.69) is 15.0 Å². The molecule has 0 radical (unpaired) electrons. The van der Waals surface area contributed by atoms with Crippen molar-refractivity contribution < 1.29 is 19.0 Å². The van der Waals surface area contributed by atoms with Crippen LogP contribution >= 0.6 is 0 Å². The molecule has 0 saturated heterocycles. The first-order valence-corrected chi connectivity index (χ1v) is 13.6. The van der Waals surface area contributed by atoms with E-state index in [0.717, 1.165) is 39.0 Å². The molecule has 0 bridgehead atoms. The van der Waals surface area contributed by atoms with E-state index in [1.165, 1.54) is 6.33 Å². The quantitative estimate of drug-likeness (QED) is 0.241. The summed E-state index contributed by atoms with van der Waals surface area (Å²) >= 11 is 0. The molecule has 1 aliphatic rings. The number of rotatable bonds is 4. The zero-order valence-corrected chi connectivity index (χ0v) is 24.4. The first kappa shape index (κ1) is 27.1. The van der Waals surface area contributed by atoms with Crippen molar-refractivity contribution in [2.75, 3.05) is 17.7 Å². The Balaban J connectivity index is 1.64. The molecule has 0 aliphatic carbocycles. The number of benzene rings is 2. The molecule has 214 valence electrons. The number of methoxy groups -OCH3 is 1. The average Bonchev–Trinajstić information content (AvgIpc) is 3.15. The Morgan fingerprint density at radius 3 is 2.48 bits per heavy atom. The Labute approximate surface area is 243 Å². The maximum Gasteiger partial charge on any atom is 0.416 e. The molecule has 1 aliphatic heterocycles. The fourth-order valence-electron chi connectivity index (χ4n) is 5.29. The first-order valence-electron chi connectivity index (χ1n) is 13.6. The van der Waals surface area contributed by atoms with Gasteiger partial charge in [-0.05, 0) is 74.7 Å². The van der Waals surface area contributed by atoms with Gasteiger partial charge in [-0.2, -0.15) is 0 Å². The zero-order chi connectivity index (χ0) is 29.8. The van der Waals surface area contributed by atoms with Gasteiger partial charge in [0.15, 0.2) is 17.3 Å². The lowest BCUT2D eigenvalue weighted by atomic mass is 9.95. The predicted molar refractivity (Wildman–Crippen MR) is 162 cm³/mol. The topological polar surface area (TPSA) is 118 Å². The summed E-state index contributed by atoms with van der Waals surface area (Å²) in [5, 5.41) is 0.729. The van der Waals surface area contributed by atoms with Gasteiger partial charge in [0.1, 0.15) is 17.6 Å². The van der Waals surface area contributed by atoms with Gasteiger partial charge in [-0.25, -0.2) is 19.7 Å². The number of pyridine rings is 1. The van der Waals surface area contributed by atoms with Gasteiger partial charge in [0.05, 0.1) is 24.7 Å². The van der Waals surface area contributed by atoms with E-state index in [9.17, 15) is 4.79 Å². The van der Waals surface area contributed by atoms with E-state index in [1.54, 1.807) is 18.1 Å². The summed E-state index contributed by atoms with van der Waals surface area (Å²) < 4.78 is 19.9. The van der Waals surface area contributed by atoms with E-state index in [1.807, 2.05) is 87.8 Å². The highest BCUT2D eigenvalue weighted by atomic mass is 16.6. The molecule has 10 heteroatoms. The van der Waals surface area contributed by atoms with Gasteiger partial charge >= 0.3 is 6.09 Å². The summed E-state index contributed by atoms with van der Waals surface area (Å²) in [7, 11) is 3.55. The Morgan fingerprint density at radius 1 is 1.02 bits per heavy atom. The second-order valence-corrected chi connectivity index (χ2v) is 11.2. The number of nitrogen functional groups attached to an aromatic ring is 1. The lowest BCUT2D eigenvalue weighted by molar-refractivity contribution is 0.0577. The smallest absolute Gasteiger partial charge is 0.416 e. The number of aryl methyl sites for hydroxylation is 2. The van der Waals surface area contributed by atoms with Crippen LogP contribution in [0.5, 0.6) is 17.4 Å². The Kier molecular flexibility index (Phi) is 6.48. The van der Waals surface area contributed by atoms with Crippen LogP contribution in [0.3, 0.4) is 0 Å². The molecule has 0 saturated carbocycles. The fourth-order valence-corrected chi connectivity index (χ4v) is 5.29. The summed E-state index contributed by atoms with van der Waals surface area (Å²) in [5.74, 6) is 1.88. The molecule has 6 rings (SSSR count). The second kappa shape index (κ2) is 10.1. The first-order chi connectivity index (χ1) is 20.0. The van der Waals surface area contributed by atoms with Crippen LogP contribution in [-0.4, -0.2) is 38.3 Å². The van der Waals surface area contributed by atoms with E-state index in [4.69, 9.17) is 19.9 Å². The van der Waals surface area contributed by atoms with Crippen LogP contribution < -0.4 is 20.1 Å². The largest absolute Gasteiger partial charge is 0.493 e. The number of carbonyl (C=O) groups excluding carboxylic acids is 1. The number of fused-ring (bicyclic) bond motifs is 2. The molecule has 0 unspecified atom stereocenters. The highest BCUT2D eigenvalue weighted by Crippen LogP contribution is 2.49. The number of nitrogens with zero attached hydrogens (tertiary/aromatic N) is 5. The summed E-state index contributed by atoms with van der Waals surface area (Å²) in [4.78, 5) is 29.0. The number of nitrogens with two attached hydrogens (primary N) is 1. The summed E-state index contributed by atoms with van der Waals surface area (Å²) in [6, 6.07) is 17.1. The Hall–Kier alpha value is -5.12. The van der Waals surface area contributed by atoms with Crippen LogP contribution in [0.4, 0.5) is 16.3 Å². The van der Waals surface area contributed by atoms with Gasteiger partial charge in [-0.1, -0.05) is 18.2 Å². The summed E-state index contributed by atoms with van der Waals surface area (Å²) in [6.45, 7) is 7.59. The molecular formula is C32H32N6O4. The average molecular weight is 565 g/mol. The highest BCUT2D eigenvalue weighted by molar-refractivity contribution is 6.12. The number of carbonyl (C=O) groups is 1. The minimum absolute atomic E-state index is 0.178. The maximum atomic E-state index is 13.7. The predicted octanol–water partition coefficient (Wildman–Crippen LogP) is 6.64. The van der Waals surface area contributed by atoms with Crippen molar-refractivity contribution in [2.45, 2.75) is 39.8 Å². The van der Waals surface area contributed by atoms with Crippen molar-refractivity contribution in [2.24, 2.45) is 7.05 Å². The molecule has 4 heterocycles. The SMILES string of the molecule is COc1cc2c(cc1Oc1cccc(C)n1)CN(C(=O)OC(C)(C)C)c1ncnc3c1c-2c(-c1ccc(N)cc1)n3C. The van der Waals surface area contributed by atoms with Crippen molar-refractivity contribution in [1.29, 1.82) is 0 Å². The number of amides is 1. The highest BCUT2D eigenvalue weighted by Gasteiger charge is 2.35. The van der Waals surface area contributed by atoms with Gasteiger partial charge in [-0.15, -0.1) is 0 Å². The number of ether oxygens (including phenoxy) is 3. The van der Waals surface area contributed by atoms with Crippen LogP contribution in [0.25, 0.3) is 33.4 Å². The van der Waals surface area contributed by atoms with Crippen LogP contribution in [0.15, 0.2) is 60.9 Å². The minimum atomic E-state index is -0.710. The molecule has 0 spiro atoms. The van der Waals surface area contributed by atoms with Gasteiger partial charge in [0, 0.05) is 30.1 Å². The van der Waals surface area contributed by atoms with E-state index in [0.29, 0.717) is 34.5 Å². The van der Waals surface area contributed by atoms with Gasteiger partial charge in [-0.3, -0.25) is 4.90 Å². The van der Waals surface area contributed by atoms with Crippen LogP contribution in [-0.2, 0) is 18.3 Å². The maximum absolute atomic E-state index is 13.7. The monoisotopic (exact) mass is 564 g/mol. The second-order valence-electron chi connectivity index (χ2n) is 11.2. The van der Waals surface area contributed by atoms with Crippen LogP contribution in [0.2, 0.25) is 0 Å². The van der Waals surface area contributed by atoms with Crippen molar-refractivity contribution >= 4 is 28.6 Å². The normalized spacial score (nSPS) is 12.6. The third-order valence-corrected chi connectivity index (χ3v) is 7.07. The Morgan fingerprint density at radius 2 is 1.79 bits per heavy atom. The minimum Gasteiger partial charge on any atom is -0.493 e. The summed E-state index contributed by atoms with van der Waals surface area (Å²) in [5.41, 5.74) is 11.9. The van der Waals surface area contributed by atoms with Crippen molar-refractivity contribution in [3.8, 4) is 39.8 Å². The zero-order valence-electron chi connectivity index (χ0n) is 24.4. The number of hydrogen-bond donors (Lipinski definition) is 1. The van der Waals surface area contributed by atoms with E-state index >= 15 is 0 Å². The lowest BCUT2D eigenvalue weighted by Crippen LogP contribution is -2.37. The molecule has 0 atom stereocenters. The molecule has 3 aromatic heterocycles. The molecule has 1 amide bonds. The molecule has 2 aromatic carbocycles. The number of hydrogen-bond acceptors (Lipinski definition) is 8. The standard InChI is InChI=1S/C32H32N6O4/c1-18-8-7-9-25(36-18)41-24-14-20-16-38(31(39)42-32(2,3)4)30-27-26(22(20)15-23(24)40-6)28(19-10-12-21(33)13-11-19)37(5)29(27)34-17-35-30/h7-15,17H,16,33H2,1-6H3. The van der Waals surface area contributed by atoms with E-state index in [-0.39, 0.29) is 6.54 Å². The molecular weight excluding hydrogens is 532 g/mol. The lowest BCUT2D eigenvalue weighted by Gasteiger charge is -2.27. The van der Waals surface area contributed by atoms with Crippen LogP contribution in [0, 0.1) is 6.92 Å². The van der Waals surface area contributed by atoms with Crippen molar-refractivity contribution in [3.05, 3.63) is 72.2 Å². The Bertz CT molecular complexity index is 1840. The molecule has 2 N–H and O–H groups in total. The summed E-state index contributed by atoms with van der Waals surface area (Å²) in [6.07, 6.45) is 0.956. The van der Waals surface area contributed by atoms with Crippen LogP contribution in [0.1, 0.15) is 32.0 Å². The third-order valence-electron chi connectivity index (χ3n) is 7.07. The van der Waals surface area contributed by atoms with E-state index < -0.39 is 11.7 Å². The molecule has 10 nitrogen and oxygen atoms in total. The van der Waals surface area contributed by atoms with Gasteiger partial charge < -0.3 is 24.5 Å². The van der Waals surface area contributed by atoms with Crippen molar-refractivity contribution in [3.63, 3.8) is 0 Å². The van der Waals surface area contributed by atoms with Crippen molar-refractivity contribution in [1.82, 2.24) is 19.5 Å². The molecule has 0 fully saturated rings. The third kappa shape index (κ3) is 4.74.